The number of methoxy groups -OCH3 is 1. The summed E-state index contributed by atoms with van der Waals surface area (Å²) in [6, 6.07) is 14.4. The van der Waals surface area contributed by atoms with Crippen LogP contribution in [0.2, 0.25) is 0 Å². The van der Waals surface area contributed by atoms with Gasteiger partial charge < -0.3 is 19.5 Å². The molecule has 2 aromatic carbocycles. The molecule has 8 rings (SSSR count). The van der Waals surface area contributed by atoms with Gasteiger partial charge in [-0.25, -0.2) is 13.1 Å². The molecule has 3 aliphatic heterocycles. The van der Waals surface area contributed by atoms with Gasteiger partial charge in [0, 0.05) is 48.2 Å². The van der Waals surface area contributed by atoms with E-state index in [1.165, 1.54) is 24.8 Å². The van der Waals surface area contributed by atoms with E-state index in [4.69, 9.17) is 4.74 Å². The number of aromatic nitrogens is 1. The lowest BCUT2D eigenvalue weighted by Crippen LogP contribution is -2.63. The van der Waals surface area contributed by atoms with E-state index in [0.717, 1.165) is 79.5 Å². The number of nitrogens with zero attached hydrogens (tertiary/aromatic N) is 2. The van der Waals surface area contributed by atoms with Crippen molar-refractivity contribution >= 4 is 32.7 Å². The standard InChI is InChI=1S/C37H48N4O5S/c1-24(2)22-47(44,45)39-35(42)27-11-16-31-32(19-27)41(23-37(17-18-37)36(43)40-21-28-12-13-29(40)20-38-28)34(26-9-14-30(46-3)15-10-26)33(31)25-7-5-4-6-8-25/h9-11,14-16,19,24-25,28-29,38H,4-8,12-13,17-18,20-23H2,1-3H3,(H,39,42). The van der Waals surface area contributed by atoms with Gasteiger partial charge >= 0.3 is 0 Å². The number of sulfonamides is 1. The number of piperazine rings is 1. The van der Waals surface area contributed by atoms with E-state index in [0.29, 0.717) is 24.1 Å². The second-order valence-electron chi connectivity index (χ2n) is 14.8. The summed E-state index contributed by atoms with van der Waals surface area (Å²) in [7, 11) is -2.12. The van der Waals surface area contributed by atoms with Crippen LogP contribution in [0.4, 0.5) is 0 Å². The fourth-order valence-corrected chi connectivity index (χ4v) is 9.74. The van der Waals surface area contributed by atoms with E-state index in [-0.39, 0.29) is 23.6 Å². The average Bonchev–Trinajstić information content (AvgIpc) is 3.79. The second kappa shape index (κ2) is 12.6. The molecule has 3 saturated heterocycles. The van der Waals surface area contributed by atoms with Crippen LogP contribution in [0.25, 0.3) is 22.2 Å². The number of amides is 2. The molecular formula is C37H48N4O5S. The van der Waals surface area contributed by atoms with Crippen molar-refractivity contribution in [2.24, 2.45) is 11.3 Å². The van der Waals surface area contributed by atoms with E-state index >= 15 is 0 Å². The molecule has 5 aliphatic rings. The number of fused-ring (bicyclic) bond motifs is 4. The van der Waals surface area contributed by atoms with Crippen LogP contribution < -0.4 is 14.8 Å². The highest BCUT2D eigenvalue weighted by atomic mass is 32.2. The monoisotopic (exact) mass is 660 g/mol. The third kappa shape index (κ3) is 6.31. The third-order valence-electron chi connectivity index (χ3n) is 10.9. The Labute approximate surface area is 278 Å². The Bertz CT molecular complexity index is 1760. The predicted molar refractivity (Wildman–Crippen MR) is 184 cm³/mol. The maximum absolute atomic E-state index is 14.4. The Hall–Kier alpha value is -3.37. The SMILES string of the molecule is COc1ccc(-c2c(C3CCCCC3)c3ccc(C(=O)NS(=O)(=O)CC(C)C)cc3n2CC2(C(=O)N3CC4CCC3CN4)CC2)cc1. The first-order valence-electron chi connectivity index (χ1n) is 17.5. The molecule has 2 amide bonds. The van der Waals surface area contributed by atoms with E-state index in [9.17, 15) is 18.0 Å². The van der Waals surface area contributed by atoms with Gasteiger partial charge in [-0.2, -0.15) is 0 Å². The number of ether oxygens (including phenoxy) is 1. The summed E-state index contributed by atoms with van der Waals surface area (Å²) < 4.78 is 35.6. The summed E-state index contributed by atoms with van der Waals surface area (Å²) in [6.07, 6.45) is 9.58. The van der Waals surface area contributed by atoms with Crippen LogP contribution in [0.3, 0.4) is 0 Å². The number of carbonyl (C=O) groups excluding carboxylic acids is 2. The Balaban J connectivity index is 1.36. The van der Waals surface area contributed by atoms with Crippen molar-refractivity contribution in [2.45, 2.75) is 96.2 Å². The quantitative estimate of drug-likeness (QED) is 0.284. The highest BCUT2D eigenvalue weighted by molar-refractivity contribution is 7.90. The smallest absolute Gasteiger partial charge is 0.264 e. The number of nitrogens with one attached hydrogen (secondary N) is 2. The topological polar surface area (TPSA) is 110 Å². The van der Waals surface area contributed by atoms with Crippen molar-refractivity contribution in [3.8, 4) is 17.0 Å². The fraction of sp³-hybridized carbons (Fsp3) is 0.568. The maximum Gasteiger partial charge on any atom is 0.264 e. The van der Waals surface area contributed by atoms with Gasteiger partial charge in [-0.3, -0.25) is 9.59 Å². The highest BCUT2D eigenvalue weighted by Gasteiger charge is 2.54. The summed E-state index contributed by atoms with van der Waals surface area (Å²) in [5.74, 6) is 0.528. The molecule has 47 heavy (non-hydrogen) atoms. The number of hydrogen-bond acceptors (Lipinski definition) is 6. The van der Waals surface area contributed by atoms with Gasteiger partial charge in [0.1, 0.15) is 5.75 Å². The summed E-state index contributed by atoms with van der Waals surface area (Å²) in [5, 5.41) is 4.66. The summed E-state index contributed by atoms with van der Waals surface area (Å²) in [4.78, 5) is 30.0. The molecule has 1 aromatic heterocycles. The molecule has 10 heteroatoms. The first-order chi connectivity index (χ1) is 22.6. The van der Waals surface area contributed by atoms with Crippen molar-refractivity contribution in [1.82, 2.24) is 19.5 Å². The minimum Gasteiger partial charge on any atom is -0.497 e. The lowest BCUT2D eigenvalue weighted by atomic mass is 9.81. The molecule has 5 fully saturated rings. The molecule has 4 heterocycles. The number of rotatable bonds is 10. The number of piperidine rings is 2. The molecule has 2 N–H and O–H groups in total. The van der Waals surface area contributed by atoms with Crippen LogP contribution in [0.5, 0.6) is 5.75 Å². The van der Waals surface area contributed by atoms with Crippen LogP contribution in [0, 0.1) is 11.3 Å². The predicted octanol–water partition coefficient (Wildman–Crippen LogP) is 5.82. The first-order valence-corrected chi connectivity index (χ1v) is 19.1. The van der Waals surface area contributed by atoms with E-state index < -0.39 is 21.3 Å². The Kier molecular flexibility index (Phi) is 8.62. The number of hydrogen-bond donors (Lipinski definition) is 2. The molecule has 2 saturated carbocycles. The minimum atomic E-state index is -3.78. The highest BCUT2D eigenvalue weighted by Crippen LogP contribution is 2.53. The van der Waals surface area contributed by atoms with Crippen molar-refractivity contribution in [3.05, 3.63) is 53.6 Å². The molecule has 252 valence electrons. The lowest BCUT2D eigenvalue weighted by molar-refractivity contribution is -0.143. The van der Waals surface area contributed by atoms with Gasteiger partial charge in [0.05, 0.1) is 24.0 Å². The van der Waals surface area contributed by atoms with Gasteiger partial charge in [-0.15, -0.1) is 0 Å². The first kappa shape index (κ1) is 32.2. The lowest BCUT2D eigenvalue weighted by Gasteiger charge is -2.47. The van der Waals surface area contributed by atoms with Crippen LogP contribution >= 0.6 is 0 Å². The maximum atomic E-state index is 14.4. The van der Waals surface area contributed by atoms with Gasteiger partial charge in [-0.1, -0.05) is 39.2 Å². The molecule has 9 nitrogen and oxygen atoms in total. The van der Waals surface area contributed by atoms with Gasteiger partial charge in [0.2, 0.25) is 15.9 Å². The Morgan fingerprint density at radius 1 is 1.02 bits per heavy atom. The number of benzene rings is 2. The van der Waals surface area contributed by atoms with Crippen LogP contribution in [-0.4, -0.2) is 67.7 Å². The largest absolute Gasteiger partial charge is 0.497 e. The Morgan fingerprint density at radius 3 is 2.36 bits per heavy atom. The molecule has 2 atom stereocenters. The zero-order valence-electron chi connectivity index (χ0n) is 27.9. The summed E-state index contributed by atoms with van der Waals surface area (Å²) in [6.45, 7) is 5.79. The van der Waals surface area contributed by atoms with Crippen molar-refractivity contribution in [3.63, 3.8) is 0 Å². The molecule has 2 aliphatic carbocycles. The molecule has 0 radical (unpaired) electrons. The average molecular weight is 661 g/mol. The Morgan fingerprint density at radius 2 is 1.77 bits per heavy atom. The van der Waals surface area contributed by atoms with Gasteiger partial charge in [0.25, 0.3) is 5.91 Å². The van der Waals surface area contributed by atoms with Crippen LogP contribution in [0.15, 0.2) is 42.5 Å². The van der Waals surface area contributed by atoms with Crippen molar-refractivity contribution < 1.29 is 22.7 Å². The molecular weight excluding hydrogens is 612 g/mol. The third-order valence-corrected chi connectivity index (χ3v) is 12.5. The minimum absolute atomic E-state index is 0.108. The van der Waals surface area contributed by atoms with Gasteiger partial charge in [0.15, 0.2) is 0 Å². The molecule has 2 unspecified atom stereocenters. The van der Waals surface area contributed by atoms with E-state index in [2.05, 4.69) is 31.6 Å². The molecule has 0 spiro atoms. The van der Waals surface area contributed by atoms with Crippen LogP contribution in [0.1, 0.15) is 93.5 Å². The molecule has 3 aromatic rings. The molecule has 2 bridgehead atoms. The zero-order valence-corrected chi connectivity index (χ0v) is 28.7. The van der Waals surface area contributed by atoms with E-state index in [1.54, 1.807) is 13.2 Å². The fourth-order valence-electron chi connectivity index (χ4n) is 8.38. The van der Waals surface area contributed by atoms with E-state index in [1.807, 2.05) is 38.1 Å². The van der Waals surface area contributed by atoms with Crippen molar-refractivity contribution in [2.75, 3.05) is 26.0 Å². The summed E-state index contributed by atoms with van der Waals surface area (Å²) >= 11 is 0. The van der Waals surface area contributed by atoms with Crippen molar-refractivity contribution in [1.29, 1.82) is 0 Å². The zero-order chi connectivity index (χ0) is 32.9. The second-order valence-corrected chi connectivity index (χ2v) is 16.6. The normalized spacial score (nSPS) is 22.5. The summed E-state index contributed by atoms with van der Waals surface area (Å²) in [5.41, 5.74) is 4.11. The van der Waals surface area contributed by atoms with Gasteiger partial charge in [-0.05, 0) is 97.9 Å². The van der Waals surface area contributed by atoms with Crippen LogP contribution in [-0.2, 0) is 21.4 Å². The number of carbonyl (C=O) groups is 2.